The van der Waals surface area contributed by atoms with E-state index in [2.05, 4.69) is 41.4 Å². The molecular formula is C20H31N3O3S. The van der Waals surface area contributed by atoms with Crippen LogP contribution in [0, 0.1) is 11.8 Å². The minimum absolute atomic E-state index is 0.0581. The maximum Gasteiger partial charge on any atom is 0.224 e. The molecule has 150 valence electrons. The highest BCUT2D eigenvalue weighted by molar-refractivity contribution is 7.88. The van der Waals surface area contributed by atoms with Gasteiger partial charge in [-0.25, -0.2) is 12.7 Å². The summed E-state index contributed by atoms with van der Waals surface area (Å²) < 4.78 is 24.8. The van der Waals surface area contributed by atoms with Crippen molar-refractivity contribution in [2.45, 2.75) is 39.2 Å². The molecule has 7 heteroatoms. The third kappa shape index (κ3) is 5.45. The quantitative estimate of drug-likeness (QED) is 0.833. The molecule has 0 bridgehead atoms. The van der Waals surface area contributed by atoms with Gasteiger partial charge in [-0.1, -0.05) is 19.1 Å². The Morgan fingerprint density at radius 3 is 2.48 bits per heavy atom. The molecule has 0 spiro atoms. The molecule has 2 fully saturated rings. The molecule has 2 saturated heterocycles. The number of rotatable bonds is 5. The first-order chi connectivity index (χ1) is 12.8. The number of carbonyl (C=O) groups excluding carboxylic acids is 1. The fourth-order valence-corrected chi connectivity index (χ4v) is 4.95. The van der Waals surface area contributed by atoms with Gasteiger partial charge in [0, 0.05) is 38.4 Å². The van der Waals surface area contributed by atoms with Crippen molar-refractivity contribution in [3.63, 3.8) is 0 Å². The van der Waals surface area contributed by atoms with E-state index in [1.165, 1.54) is 29.1 Å². The molecule has 2 aliphatic rings. The van der Waals surface area contributed by atoms with E-state index < -0.39 is 10.0 Å². The van der Waals surface area contributed by atoms with Crippen molar-refractivity contribution in [2.24, 2.45) is 11.8 Å². The van der Waals surface area contributed by atoms with Crippen LogP contribution in [0.2, 0.25) is 0 Å². The maximum atomic E-state index is 12.5. The normalized spacial score (nSPS) is 24.6. The molecule has 0 aromatic heterocycles. The smallest absolute Gasteiger partial charge is 0.224 e. The van der Waals surface area contributed by atoms with Crippen LogP contribution in [-0.2, 0) is 21.4 Å². The number of nitrogens with one attached hydrogen (secondary N) is 1. The maximum absolute atomic E-state index is 12.5. The van der Waals surface area contributed by atoms with Gasteiger partial charge in [-0.2, -0.15) is 0 Å². The van der Waals surface area contributed by atoms with Gasteiger partial charge in [-0.15, -0.1) is 0 Å². The van der Waals surface area contributed by atoms with E-state index in [1.54, 1.807) is 0 Å². The number of hydrogen-bond acceptors (Lipinski definition) is 4. The van der Waals surface area contributed by atoms with Crippen LogP contribution in [0.15, 0.2) is 24.3 Å². The minimum Gasteiger partial charge on any atom is -0.371 e. The number of benzene rings is 1. The molecule has 0 unspecified atom stereocenters. The van der Waals surface area contributed by atoms with Crippen molar-refractivity contribution < 1.29 is 13.2 Å². The predicted molar refractivity (Wildman–Crippen MR) is 108 cm³/mol. The molecule has 1 amide bonds. The van der Waals surface area contributed by atoms with Crippen LogP contribution in [0.25, 0.3) is 0 Å². The number of carbonyl (C=O) groups is 1. The minimum atomic E-state index is -3.23. The predicted octanol–water partition coefficient (Wildman–Crippen LogP) is 2.21. The topological polar surface area (TPSA) is 69.7 Å². The lowest BCUT2D eigenvalue weighted by molar-refractivity contribution is -0.126. The van der Waals surface area contributed by atoms with Crippen LogP contribution < -0.4 is 10.2 Å². The lowest BCUT2D eigenvalue weighted by Gasteiger charge is -2.33. The SMILES string of the molecule is C[C@@H]1CCCN(c2ccc(CNC(=O)[C@@H]3CCCN(S(C)(=O)=O)C3)cc2)C1. The fourth-order valence-electron chi connectivity index (χ4n) is 4.04. The zero-order valence-corrected chi connectivity index (χ0v) is 17.2. The van der Waals surface area contributed by atoms with Crippen molar-refractivity contribution >= 4 is 21.6 Å². The number of hydrogen-bond donors (Lipinski definition) is 1. The van der Waals surface area contributed by atoms with Gasteiger partial charge < -0.3 is 10.2 Å². The summed E-state index contributed by atoms with van der Waals surface area (Å²) in [7, 11) is -3.23. The van der Waals surface area contributed by atoms with E-state index in [0.29, 0.717) is 13.1 Å². The molecule has 2 aliphatic heterocycles. The Balaban J connectivity index is 1.51. The van der Waals surface area contributed by atoms with E-state index in [9.17, 15) is 13.2 Å². The Labute approximate surface area is 163 Å². The van der Waals surface area contributed by atoms with Crippen LogP contribution in [-0.4, -0.2) is 51.1 Å². The molecule has 1 aromatic rings. The van der Waals surface area contributed by atoms with Crippen molar-refractivity contribution in [2.75, 3.05) is 37.3 Å². The van der Waals surface area contributed by atoms with Crippen LogP contribution in [0.4, 0.5) is 5.69 Å². The molecule has 6 nitrogen and oxygen atoms in total. The first-order valence-electron chi connectivity index (χ1n) is 9.89. The third-order valence-corrected chi connectivity index (χ3v) is 6.92. The monoisotopic (exact) mass is 393 g/mol. The summed E-state index contributed by atoms with van der Waals surface area (Å²) in [5, 5.41) is 2.97. The average molecular weight is 394 g/mol. The Morgan fingerprint density at radius 2 is 1.81 bits per heavy atom. The van der Waals surface area contributed by atoms with Crippen molar-refractivity contribution in [1.29, 1.82) is 0 Å². The van der Waals surface area contributed by atoms with E-state index >= 15 is 0 Å². The molecule has 0 saturated carbocycles. The first kappa shape index (κ1) is 20.1. The van der Waals surface area contributed by atoms with Gasteiger partial charge in [0.2, 0.25) is 15.9 Å². The van der Waals surface area contributed by atoms with Crippen molar-refractivity contribution in [3.8, 4) is 0 Å². The third-order valence-electron chi connectivity index (χ3n) is 5.65. The second-order valence-electron chi connectivity index (χ2n) is 8.04. The Kier molecular flexibility index (Phi) is 6.42. The largest absolute Gasteiger partial charge is 0.371 e. The number of anilines is 1. The standard InChI is InChI=1S/C20H31N3O3S/c1-16-5-3-11-22(14-16)19-9-7-17(8-10-19)13-21-20(24)18-6-4-12-23(15-18)27(2,25)26/h7-10,16,18H,3-6,11-15H2,1-2H3,(H,21,24)/t16-,18-/m1/s1. The van der Waals surface area contributed by atoms with Gasteiger partial charge in [0.1, 0.15) is 0 Å². The zero-order valence-electron chi connectivity index (χ0n) is 16.4. The molecule has 1 aromatic carbocycles. The van der Waals surface area contributed by atoms with Crippen LogP contribution >= 0.6 is 0 Å². The van der Waals surface area contributed by atoms with Crippen LogP contribution in [0.1, 0.15) is 38.2 Å². The number of piperidine rings is 2. The highest BCUT2D eigenvalue weighted by Crippen LogP contribution is 2.23. The lowest BCUT2D eigenvalue weighted by Crippen LogP contribution is -2.44. The van der Waals surface area contributed by atoms with Crippen molar-refractivity contribution in [3.05, 3.63) is 29.8 Å². The molecule has 0 radical (unpaired) electrons. The van der Waals surface area contributed by atoms with Crippen LogP contribution in [0.5, 0.6) is 0 Å². The number of amides is 1. The van der Waals surface area contributed by atoms with Gasteiger partial charge in [0.25, 0.3) is 0 Å². The molecule has 27 heavy (non-hydrogen) atoms. The summed E-state index contributed by atoms with van der Waals surface area (Å²) in [6.45, 7) is 5.79. The summed E-state index contributed by atoms with van der Waals surface area (Å²) in [6.07, 6.45) is 5.22. The molecule has 1 N–H and O–H groups in total. The van der Waals surface area contributed by atoms with E-state index in [0.717, 1.165) is 37.4 Å². The van der Waals surface area contributed by atoms with Gasteiger partial charge in [-0.3, -0.25) is 4.79 Å². The Bertz CT molecular complexity index is 748. The van der Waals surface area contributed by atoms with E-state index in [4.69, 9.17) is 0 Å². The summed E-state index contributed by atoms with van der Waals surface area (Å²) >= 11 is 0. The second-order valence-corrected chi connectivity index (χ2v) is 10.0. The van der Waals surface area contributed by atoms with Crippen LogP contribution in [0.3, 0.4) is 0 Å². The number of sulfonamides is 1. The molecular weight excluding hydrogens is 362 g/mol. The zero-order chi connectivity index (χ0) is 19.4. The molecule has 2 heterocycles. The summed E-state index contributed by atoms with van der Waals surface area (Å²) in [4.78, 5) is 14.9. The summed E-state index contributed by atoms with van der Waals surface area (Å²) in [5.41, 5.74) is 2.31. The summed E-state index contributed by atoms with van der Waals surface area (Å²) in [6, 6.07) is 8.40. The van der Waals surface area contributed by atoms with Gasteiger partial charge >= 0.3 is 0 Å². The lowest BCUT2D eigenvalue weighted by atomic mass is 9.98. The van der Waals surface area contributed by atoms with E-state index in [-0.39, 0.29) is 18.4 Å². The Morgan fingerprint density at radius 1 is 1.11 bits per heavy atom. The van der Waals surface area contributed by atoms with Gasteiger partial charge in [0.05, 0.1) is 12.2 Å². The molecule has 0 aliphatic carbocycles. The average Bonchev–Trinajstić information content (AvgIpc) is 2.66. The second kappa shape index (κ2) is 8.61. The van der Waals surface area contributed by atoms with E-state index in [1.807, 2.05) is 0 Å². The highest BCUT2D eigenvalue weighted by atomic mass is 32.2. The first-order valence-corrected chi connectivity index (χ1v) is 11.7. The molecule has 3 rings (SSSR count). The van der Waals surface area contributed by atoms with Crippen molar-refractivity contribution in [1.82, 2.24) is 9.62 Å². The number of nitrogens with zero attached hydrogens (tertiary/aromatic N) is 2. The Hall–Kier alpha value is -1.60. The summed E-state index contributed by atoms with van der Waals surface area (Å²) in [5.74, 6) is 0.416. The highest BCUT2D eigenvalue weighted by Gasteiger charge is 2.29. The molecule has 2 atom stereocenters. The van der Waals surface area contributed by atoms with Gasteiger partial charge in [0.15, 0.2) is 0 Å². The fraction of sp³-hybridized carbons (Fsp3) is 0.650. The van der Waals surface area contributed by atoms with Gasteiger partial charge in [-0.05, 0) is 49.3 Å².